The summed E-state index contributed by atoms with van der Waals surface area (Å²) in [5, 5.41) is 4.74. The number of methoxy groups -OCH3 is 1. The van der Waals surface area contributed by atoms with Crippen LogP contribution in [-0.2, 0) is 11.8 Å². The van der Waals surface area contributed by atoms with Crippen LogP contribution in [0.1, 0.15) is 49.2 Å². The molecule has 0 aliphatic carbocycles. The van der Waals surface area contributed by atoms with Crippen LogP contribution in [0.25, 0.3) is 11.5 Å². The molecule has 150 valence electrons. The van der Waals surface area contributed by atoms with Crippen LogP contribution >= 0.6 is 0 Å². The van der Waals surface area contributed by atoms with Gasteiger partial charge in [-0.25, -0.2) is 14.5 Å². The summed E-state index contributed by atoms with van der Waals surface area (Å²) in [6.07, 6.45) is 4.37. The van der Waals surface area contributed by atoms with E-state index in [4.69, 9.17) is 9.84 Å². The van der Waals surface area contributed by atoms with Crippen molar-refractivity contribution < 1.29 is 4.74 Å². The number of aryl methyl sites for hydroxylation is 2. The van der Waals surface area contributed by atoms with Gasteiger partial charge in [0.05, 0.1) is 30.5 Å². The van der Waals surface area contributed by atoms with E-state index in [0.29, 0.717) is 12.2 Å². The maximum Gasteiger partial charge on any atom is 0.252 e. The molecule has 3 aromatic heterocycles. The second kappa shape index (κ2) is 6.99. The third-order valence-corrected chi connectivity index (χ3v) is 4.85. The van der Waals surface area contributed by atoms with Crippen LogP contribution in [0.3, 0.4) is 0 Å². The summed E-state index contributed by atoms with van der Waals surface area (Å²) in [5.41, 5.74) is 4.98. The van der Waals surface area contributed by atoms with Gasteiger partial charge in [-0.15, -0.1) is 5.10 Å². The maximum atomic E-state index is 5.62. The normalized spacial score (nSPS) is 11.9. The Morgan fingerprint density at radius 1 is 1.03 bits per heavy atom. The van der Waals surface area contributed by atoms with E-state index in [9.17, 15) is 0 Å². The van der Waals surface area contributed by atoms with Gasteiger partial charge in [-0.3, -0.25) is 0 Å². The van der Waals surface area contributed by atoms with Crippen molar-refractivity contribution in [3.63, 3.8) is 0 Å². The zero-order valence-corrected chi connectivity index (χ0v) is 17.8. The zero-order valence-electron chi connectivity index (χ0n) is 17.8. The predicted molar refractivity (Wildman–Crippen MR) is 112 cm³/mol. The number of imidazole rings is 1. The predicted octanol–water partition coefficient (Wildman–Crippen LogP) is 3.82. The second-order valence-electron chi connectivity index (χ2n) is 8.38. The van der Waals surface area contributed by atoms with E-state index in [0.717, 1.165) is 39.9 Å². The van der Waals surface area contributed by atoms with Crippen molar-refractivity contribution in [3.8, 4) is 11.4 Å². The molecule has 0 fully saturated rings. The highest BCUT2D eigenvalue weighted by molar-refractivity contribution is 5.49. The molecule has 1 aromatic carbocycles. The Kier molecular flexibility index (Phi) is 4.61. The Hall–Kier alpha value is -3.22. The van der Waals surface area contributed by atoms with Gasteiger partial charge in [0.25, 0.3) is 5.78 Å². The quantitative estimate of drug-likeness (QED) is 0.530. The SMILES string of the molecule is COc1cc(Cc2nc3nc(C)cc(C(C)(C)C)n3n2)ccc1-n1cnc(C)c1. The summed E-state index contributed by atoms with van der Waals surface area (Å²) in [7, 11) is 1.68. The van der Waals surface area contributed by atoms with E-state index in [1.807, 2.05) is 41.3 Å². The highest BCUT2D eigenvalue weighted by atomic mass is 16.5. The van der Waals surface area contributed by atoms with Gasteiger partial charge in [0.1, 0.15) is 5.75 Å². The molecular formula is C22H26N6O. The van der Waals surface area contributed by atoms with Crippen molar-refractivity contribution in [3.05, 3.63) is 65.3 Å². The summed E-state index contributed by atoms with van der Waals surface area (Å²) in [4.78, 5) is 13.5. The molecule has 7 nitrogen and oxygen atoms in total. The van der Waals surface area contributed by atoms with Gasteiger partial charge >= 0.3 is 0 Å². The van der Waals surface area contributed by atoms with Crippen molar-refractivity contribution in [1.82, 2.24) is 29.1 Å². The van der Waals surface area contributed by atoms with Crippen LogP contribution in [0.15, 0.2) is 36.8 Å². The Morgan fingerprint density at radius 2 is 1.83 bits per heavy atom. The lowest BCUT2D eigenvalue weighted by Gasteiger charge is -2.19. The van der Waals surface area contributed by atoms with Gasteiger partial charge in [0.15, 0.2) is 5.82 Å². The van der Waals surface area contributed by atoms with E-state index in [2.05, 4.69) is 47.9 Å². The van der Waals surface area contributed by atoms with Crippen molar-refractivity contribution in [1.29, 1.82) is 0 Å². The molecule has 3 heterocycles. The molecule has 4 rings (SSSR count). The number of fused-ring (bicyclic) bond motifs is 1. The van der Waals surface area contributed by atoms with Crippen molar-refractivity contribution in [2.75, 3.05) is 7.11 Å². The summed E-state index contributed by atoms with van der Waals surface area (Å²) >= 11 is 0. The minimum atomic E-state index is -0.0509. The van der Waals surface area contributed by atoms with Crippen molar-refractivity contribution in [2.24, 2.45) is 0 Å². The Morgan fingerprint density at radius 3 is 2.48 bits per heavy atom. The molecule has 0 radical (unpaired) electrons. The Bertz CT molecular complexity index is 1180. The molecule has 29 heavy (non-hydrogen) atoms. The van der Waals surface area contributed by atoms with Gasteiger partial charge in [0.2, 0.25) is 0 Å². The molecule has 0 unspecified atom stereocenters. The van der Waals surface area contributed by atoms with Gasteiger partial charge in [-0.1, -0.05) is 26.8 Å². The average molecular weight is 390 g/mol. The lowest BCUT2D eigenvalue weighted by molar-refractivity contribution is 0.412. The Balaban J connectivity index is 1.70. The molecule has 0 aliphatic rings. The number of nitrogens with zero attached hydrogens (tertiary/aromatic N) is 6. The number of rotatable bonds is 4. The monoisotopic (exact) mass is 390 g/mol. The van der Waals surface area contributed by atoms with Crippen molar-refractivity contribution >= 4 is 5.78 Å². The first-order valence-electron chi connectivity index (χ1n) is 9.66. The van der Waals surface area contributed by atoms with Crippen LogP contribution in [0, 0.1) is 13.8 Å². The molecule has 4 aromatic rings. The third-order valence-electron chi connectivity index (χ3n) is 4.85. The minimum Gasteiger partial charge on any atom is -0.495 e. The minimum absolute atomic E-state index is 0.0509. The summed E-state index contributed by atoms with van der Waals surface area (Å²) in [5.74, 6) is 2.16. The summed E-state index contributed by atoms with van der Waals surface area (Å²) in [6.45, 7) is 10.5. The first kappa shape index (κ1) is 19.1. The molecule has 0 saturated carbocycles. The van der Waals surface area contributed by atoms with Gasteiger partial charge in [0, 0.05) is 23.7 Å². The largest absolute Gasteiger partial charge is 0.495 e. The van der Waals surface area contributed by atoms with Crippen molar-refractivity contribution in [2.45, 2.75) is 46.5 Å². The molecule has 0 N–H and O–H groups in total. The van der Waals surface area contributed by atoms with E-state index < -0.39 is 0 Å². The smallest absolute Gasteiger partial charge is 0.252 e. The number of benzene rings is 1. The molecule has 0 atom stereocenters. The highest BCUT2D eigenvalue weighted by Crippen LogP contribution is 2.26. The average Bonchev–Trinajstić information content (AvgIpc) is 3.25. The molecule has 0 saturated heterocycles. The molecule has 7 heteroatoms. The fourth-order valence-electron chi connectivity index (χ4n) is 3.42. The number of hydrogen-bond acceptors (Lipinski definition) is 5. The summed E-state index contributed by atoms with van der Waals surface area (Å²) < 4.78 is 9.44. The molecule has 0 amide bonds. The van der Waals surface area contributed by atoms with E-state index in [-0.39, 0.29) is 5.41 Å². The van der Waals surface area contributed by atoms with Gasteiger partial charge < -0.3 is 9.30 Å². The third kappa shape index (κ3) is 3.72. The molecule has 0 bridgehead atoms. The highest BCUT2D eigenvalue weighted by Gasteiger charge is 2.21. The van der Waals surface area contributed by atoms with Crippen LogP contribution in [0.2, 0.25) is 0 Å². The molecular weight excluding hydrogens is 364 g/mol. The number of aromatic nitrogens is 6. The van der Waals surface area contributed by atoms with Crippen LogP contribution in [0.5, 0.6) is 5.75 Å². The Labute approximate surface area is 170 Å². The number of hydrogen-bond donors (Lipinski definition) is 0. The van der Waals surface area contributed by atoms with Crippen LogP contribution in [0.4, 0.5) is 0 Å². The fourth-order valence-corrected chi connectivity index (χ4v) is 3.42. The van der Waals surface area contributed by atoms with E-state index >= 15 is 0 Å². The zero-order chi connectivity index (χ0) is 20.8. The first-order chi connectivity index (χ1) is 13.7. The van der Waals surface area contributed by atoms with Gasteiger partial charge in [-0.2, -0.15) is 4.98 Å². The van der Waals surface area contributed by atoms with E-state index in [1.54, 1.807) is 13.4 Å². The van der Waals surface area contributed by atoms with E-state index in [1.165, 1.54) is 0 Å². The summed E-state index contributed by atoms with van der Waals surface area (Å²) in [6, 6.07) is 8.21. The lowest BCUT2D eigenvalue weighted by atomic mass is 9.91. The van der Waals surface area contributed by atoms with Crippen LogP contribution < -0.4 is 4.74 Å². The topological polar surface area (TPSA) is 70.1 Å². The van der Waals surface area contributed by atoms with Gasteiger partial charge in [-0.05, 0) is 37.6 Å². The second-order valence-corrected chi connectivity index (χ2v) is 8.38. The standard InChI is InChI=1S/C22H26N6O/c1-14-9-19(22(3,4)5)28-21(24-14)25-20(26-28)11-16-7-8-17(18(10-16)29-6)27-12-15(2)23-13-27/h7-10,12-13H,11H2,1-6H3. The maximum absolute atomic E-state index is 5.62. The molecule has 0 spiro atoms. The number of ether oxygens (including phenoxy) is 1. The lowest BCUT2D eigenvalue weighted by Crippen LogP contribution is -2.18. The van der Waals surface area contributed by atoms with Crippen LogP contribution in [-0.4, -0.2) is 36.2 Å². The first-order valence-corrected chi connectivity index (χ1v) is 9.66. The fraction of sp³-hybridized carbons (Fsp3) is 0.364. The molecule has 0 aliphatic heterocycles.